The molecule has 1 saturated carbocycles. The van der Waals surface area contributed by atoms with Crippen LogP contribution in [0.5, 0.6) is 5.75 Å². The summed E-state index contributed by atoms with van der Waals surface area (Å²) in [6.45, 7) is 2.95. The number of aliphatic hydroxyl groups excluding tert-OH is 1. The van der Waals surface area contributed by atoms with Gasteiger partial charge in [-0.3, -0.25) is 9.79 Å². The first kappa shape index (κ1) is 24.8. The van der Waals surface area contributed by atoms with Crippen LogP contribution in [0.15, 0.2) is 29.3 Å². The highest BCUT2D eigenvalue weighted by Crippen LogP contribution is 2.39. The molecule has 1 amide bonds. The molecule has 31 heavy (non-hydrogen) atoms. The number of ether oxygens (including phenoxy) is 1. The highest BCUT2D eigenvalue weighted by Gasteiger charge is 2.42. The molecule has 1 unspecified atom stereocenters. The van der Waals surface area contributed by atoms with E-state index in [9.17, 15) is 23.1 Å². The van der Waals surface area contributed by atoms with E-state index >= 15 is 0 Å². The van der Waals surface area contributed by atoms with Gasteiger partial charge in [-0.05, 0) is 37.5 Å². The lowest BCUT2D eigenvalue weighted by Crippen LogP contribution is -2.43. The van der Waals surface area contributed by atoms with Crippen molar-refractivity contribution in [2.24, 2.45) is 10.4 Å². The molecule has 0 heterocycles. The molecule has 174 valence electrons. The number of aliphatic imine (C=N–C) groups is 1. The second-order valence-corrected chi connectivity index (χ2v) is 7.90. The van der Waals surface area contributed by atoms with Crippen LogP contribution in [0.25, 0.3) is 0 Å². The van der Waals surface area contributed by atoms with Crippen LogP contribution in [0.2, 0.25) is 0 Å². The number of aliphatic hydroxyl groups is 1. The van der Waals surface area contributed by atoms with Gasteiger partial charge in [-0.1, -0.05) is 25.0 Å². The fraction of sp³-hybridized carbons (Fsp3) is 0.619. The average molecular weight is 444 g/mol. The molecule has 0 aromatic heterocycles. The normalized spacial score (nSPS) is 17.2. The van der Waals surface area contributed by atoms with Gasteiger partial charge in [0.2, 0.25) is 5.91 Å². The van der Waals surface area contributed by atoms with Gasteiger partial charge in [0.1, 0.15) is 5.75 Å². The Balaban J connectivity index is 2.00. The summed E-state index contributed by atoms with van der Waals surface area (Å²) in [4.78, 5) is 18.9. The van der Waals surface area contributed by atoms with Gasteiger partial charge in [-0.15, -0.1) is 13.2 Å². The molecule has 1 atom stereocenters. The van der Waals surface area contributed by atoms with Gasteiger partial charge in [-0.2, -0.15) is 0 Å². The Morgan fingerprint density at radius 1 is 1.23 bits per heavy atom. The maximum Gasteiger partial charge on any atom is 0.573 e. The first-order chi connectivity index (χ1) is 14.6. The zero-order valence-corrected chi connectivity index (χ0v) is 18.1. The highest BCUT2D eigenvalue weighted by molar-refractivity contribution is 5.84. The smallest absolute Gasteiger partial charge is 0.406 e. The van der Waals surface area contributed by atoms with Crippen LogP contribution in [0.3, 0.4) is 0 Å². The fourth-order valence-corrected chi connectivity index (χ4v) is 3.74. The van der Waals surface area contributed by atoms with Crippen LogP contribution in [-0.4, -0.2) is 62.0 Å². The maximum atomic E-state index is 12.7. The third-order valence-corrected chi connectivity index (χ3v) is 5.27. The van der Waals surface area contributed by atoms with Crippen molar-refractivity contribution in [2.75, 3.05) is 33.7 Å². The van der Waals surface area contributed by atoms with E-state index in [1.54, 1.807) is 19.0 Å². The third kappa shape index (κ3) is 7.30. The average Bonchev–Trinajstić information content (AvgIpc) is 3.18. The number of carbonyl (C=O) groups is 1. The summed E-state index contributed by atoms with van der Waals surface area (Å²) in [5, 5.41) is 16.5. The third-order valence-electron chi connectivity index (χ3n) is 5.27. The number of hydrogen-bond acceptors (Lipinski definition) is 4. The van der Waals surface area contributed by atoms with Gasteiger partial charge in [0.15, 0.2) is 5.96 Å². The topological polar surface area (TPSA) is 86.2 Å². The van der Waals surface area contributed by atoms with Crippen molar-refractivity contribution in [1.29, 1.82) is 0 Å². The van der Waals surface area contributed by atoms with Gasteiger partial charge >= 0.3 is 6.36 Å². The predicted octanol–water partition coefficient (Wildman–Crippen LogP) is 2.82. The lowest BCUT2D eigenvalue weighted by Gasteiger charge is -2.29. The molecule has 0 aliphatic heterocycles. The Bertz CT molecular complexity index is 745. The molecule has 0 bridgehead atoms. The van der Waals surface area contributed by atoms with E-state index < -0.39 is 17.9 Å². The molecule has 10 heteroatoms. The summed E-state index contributed by atoms with van der Waals surface area (Å²) < 4.78 is 40.6. The van der Waals surface area contributed by atoms with E-state index in [4.69, 9.17) is 0 Å². The number of carbonyl (C=O) groups excluding carboxylic acids is 1. The monoisotopic (exact) mass is 444 g/mol. The zero-order valence-electron chi connectivity index (χ0n) is 18.1. The molecule has 7 nitrogen and oxygen atoms in total. The molecule has 1 aliphatic carbocycles. The highest BCUT2D eigenvalue weighted by atomic mass is 19.4. The summed E-state index contributed by atoms with van der Waals surface area (Å²) in [5.74, 6) is 0.195. The molecule has 1 fully saturated rings. The molecule has 1 aromatic rings. The van der Waals surface area contributed by atoms with Crippen molar-refractivity contribution in [1.82, 2.24) is 15.5 Å². The van der Waals surface area contributed by atoms with E-state index in [0.717, 1.165) is 37.8 Å². The molecular formula is C21H31F3N4O3. The van der Waals surface area contributed by atoms with Crippen molar-refractivity contribution in [3.8, 4) is 5.75 Å². The van der Waals surface area contributed by atoms with E-state index in [-0.39, 0.29) is 18.2 Å². The predicted molar refractivity (Wildman–Crippen MR) is 112 cm³/mol. The molecule has 1 aromatic carbocycles. The van der Waals surface area contributed by atoms with Crippen molar-refractivity contribution >= 4 is 11.9 Å². The molecule has 2 rings (SSSR count). The van der Waals surface area contributed by atoms with Crippen LogP contribution in [-0.2, 0) is 4.79 Å². The Hall–Kier alpha value is -2.49. The minimum Gasteiger partial charge on any atom is -0.406 e. The first-order valence-corrected chi connectivity index (χ1v) is 10.3. The maximum absolute atomic E-state index is 12.7. The molecule has 3 N–H and O–H groups in total. The Kier molecular flexibility index (Phi) is 8.55. The molecule has 0 spiro atoms. The SMILES string of the molecule is CCNC(=NCC1(C(=O)N(C)C)CCCC1)NCC(O)c1ccc(OC(F)(F)F)cc1. The molecule has 1 aliphatic rings. The lowest BCUT2D eigenvalue weighted by molar-refractivity contribution is -0.274. The van der Waals surface area contributed by atoms with Crippen LogP contribution >= 0.6 is 0 Å². The number of nitrogens with one attached hydrogen (secondary N) is 2. The minimum absolute atomic E-state index is 0.0748. The second-order valence-electron chi connectivity index (χ2n) is 7.90. The van der Waals surface area contributed by atoms with Crippen LogP contribution < -0.4 is 15.4 Å². The van der Waals surface area contributed by atoms with Crippen LogP contribution in [0, 0.1) is 5.41 Å². The number of halogens is 3. The standard InChI is InChI=1S/C21H31F3N4O3/c1-4-25-19(27-14-20(11-5-6-12-20)18(30)28(2)3)26-13-17(29)15-7-9-16(10-8-15)31-21(22,23)24/h7-10,17,29H,4-6,11-14H2,1-3H3,(H2,25,26,27). The van der Waals surface area contributed by atoms with Gasteiger partial charge < -0.3 is 25.4 Å². The number of hydrogen-bond donors (Lipinski definition) is 3. The minimum atomic E-state index is -4.76. The number of rotatable bonds is 8. The first-order valence-electron chi connectivity index (χ1n) is 10.3. The van der Waals surface area contributed by atoms with Gasteiger partial charge in [0, 0.05) is 27.2 Å². The molecular weight excluding hydrogens is 413 g/mol. The number of benzene rings is 1. The van der Waals surface area contributed by atoms with Gasteiger partial charge in [0.25, 0.3) is 0 Å². The van der Waals surface area contributed by atoms with Crippen LogP contribution in [0.4, 0.5) is 13.2 Å². The largest absolute Gasteiger partial charge is 0.573 e. The number of nitrogens with zero attached hydrogens (tertiary/aromatic N) is 2. The summed E-state index contributed by atoms with van der Waals surface area (Å²) in [7, 11) is 3.49. The van der Waals surface area contributed by atoms with Gasteiger partial charge in [-0.25, -0.2) is 0 Å². The Labute approximate surface area is 180 Å². The Morgan fingerprint density at radius 2 is 1.84 bits per heavy atom. The van der Waals surface area contributed by atoms with Crippen LogP contribution in [0.1, 0.15) is 44.3 Å². The van der Waals surface area contributed by atoms with Crippen molar-refractivity contribution < 1.29 is 27.8 Å². The number of alkyl halides is 3. The number of guanidine groups is 1. The van der Waals surface area contributed by atoms with Gasteiger partial charge in [0.05, 0.1) is 18.1 Å². The van der Waals surface area contributed by atoms with E-state index in [0.29, 0.717) is 24.6 Å². The zero-order chi connectivity index (χ0) is 23.1. The van der Waals surface area contributed by atoms with E-state index in [1.165, 1.54) is 12.1 Å². The Morgan fingerprint density at radius 3 is 2.35 bits per heavy atom. The van der Waals surface area contributed by atoms with E-state index in [2.05, 4.69) is 20.4 Å². The summed E-state index contributed by atoms with van der Waals surface area (Å²) >= 11 is 0. The fourth-order valence-electron chi connectivity index (χ4n) is 3.74. The lowest BCUT2D eigenvalue weighted by atomic mass is 9.85. The second kappa shape index (κ2) is 10.7. The van der Waals surface area contributed by atoms with Crippen molar-refractivity contribution in [3.05, 3.63) is 29.8 Å². The molecule has 0 saturated heterocycles. The quantitative estimate of drug-likeness (QED) is 0.424. The number of amides is 1. The van der Waals surface area contributed by atoms with E-state index in [1.807, 2.05) is 6.92 Å². The van der Waals surface area contributed by atoms with Crippen molar-refractivity contribution in [3.63, 3.8) is 0 Å². The summed E-state index contributed by atoms with van der Waals surface area (Å²) in [6.07, 6.45) is -2.15. The molecule has 0 radical (unpaired) electrons. The van der Waals surface area contributed by atoms with Crippen molar-refractivity contribution in [2.45, 2.75) is 45.1 Å². The summed E-state index contributed by atoms with van der Waals surface area (Å²) in [6, 6.07) is 5.06. The summed E-state index contributed by atoms with van der Waals surface area (Å²) in [5.41, 5.74) is -0.0633.